The van der Waals surface area contributed by atoms with E-state index in [1.54, 1.807) is 12.5 Å². The molecule has 2 fully saturated rings. The van der Waals surface area contributed by atoms with E-state index in [9.17, 15) is 4.79 Å². The molecule has 7 nitrogen and oxygen atoms in total. The van der Waals surface area contributed by atoms with Crippen molar-refractivity contribution in [2.75, 3.05) is 39.3 Å². The van der Waals surface area contributed by atoms with E-state index < -0.39 is 0 Å². The van der Waals surface area contributed by atoms with Crippen LogP contribution in [0.15, 0.2) is 47.3 Å². The highest BCUT2D eigenvalue weighted by molar-refractivity contribution is 5.99. The minimum atomic E-state index is -0.0417. The van der Waals surface area contributed by atoms with Crippen LogP contribution in [0, 0.1) is 0 Å². The van der Waals surface area contributed by atoms with Crippen LogP contribution in [-0.2, 0) is 6.61 Å². The Morgan fingerprint density at radius 3 is 2.53 bits per heavy atom. The number of carbonyl (C=O) groups excluding carboxylic acids is 1. The van der Waals surface area contributed by atoms with Gasteiger partial charge in [0.15, 0.2) is 0 Å². The van der Waals surface area contributed by atoms with Gasteiger partial charge in [-0.3, -0.25) is 4.79 Å². The Labute approximate surface area is 201 Å². The van der Waals surface area contributed by atoms with E-state index in [0.29, 0.717) is 12.3 Å². The fourth-order valence-electron chi connectivity index (χ4n) is 5.12. The van der Waals surface area contributed by atoms with Crippen LogP contribution in [0.2, 0.25) is 0 Å². The molecule has 0 spiro atoms. The zero-order valence-corrected chi connectivity index (χ0v) is 19.9. The highest BCUT2D eigenvalue weighted by atomic mass is 16.5. The summed E-state index contributed by atoms with van der Waals surface area (Å²) in [5.74, 6) is 0.715. The molecular formula is C27H36N4O3. The predicted molar refractivity (Wildman–Crippen MR) is 133 cm³/mol. The standard InChI is InChI=1S/C27H36N4O3/c32-27(28-22-8-13-31(14-9-22)16-15-30-11-3-1-2-4-12-30)25-18-23-24(29-25)6-5-7-26(23)34-20-21-10-17-33-19-21/h5-7,10,17-19,22,29H,1-4,8-9,11-16,20H2,(H,28,32). The summed E-state index contributed by atoms with van der Waals surface area (Å²) < 4.78 is 11.1. The summed E-state index contributed by atoms with van der Waals surface area (Å²) in [6.45, 7) is 7.37. The first-order chi connectivity index (χ1) is 16.7. The van der Waals surface area contributed by atoms with Crippen LogP contribution in [0.1, 0.15) is 54.6 Å². The summed E-state index contributed by atoms with van der Waals surface area (Å²) >= 11 is 0. The van der Waals surface area contributed by atoms with Gasteiger partial charge in [0.05, 0.1) is 12.5 Å². The quantitative estimate of drug-likeness (QED) is 0.517. The van der Waals surface area contributed by atoms with Gasteiger partial charge in [-0.25, -0.2) is 0 Å². The number of furan rings is 1. The van der Waals surface area contributed by atoms with Gasteiger partial charge in [0.25, 0.3) is 5.91 Å². The number of benzene rings is 1. The van der Waals surface area contributed by atoms with E-state index in [1.165, 1.54) is 45.3 Å². The highest BCUT2D eigenvalue weighted by Gasteiger charge is 2.22. The van der Waals surface area contributed by atoms with Gasteiger partial charge in [0.2, 0.25) is 0 Å². The number of fused-ring (bicyclic) bond motifs is 1. The largest absolute Gasteiger partial charge is 0.488 e. The Morgan fingerprint density at radius 2 is 1.79 bits per heavy atom. The van der Waals surface area contributed by atoms with Gasteiger partial charge in [-0.2, -0.15) is 0 Å². The third kappa shape index (κ3) is 5.83. The number of aromatic amines is 1. The number of rotatable bonds is 8. The molecule has 0 radical (unpaired) electrons. The second-order valence-corrected chi connectivity index (χ2v) is 9.67. The number of hydrogen-bond acceptors (Lipinski definition) is 5. The molecule has 0 aliphatic carbocycles. The van der Waals surface area contributed by atoms with E-state index in [0.717, 1.165) is 54.7 Å². The lowest BCUT2D eigenvalue weighted by Crippen LogP contribution is -2.46. The second-order valence-electron chi connectivity index (χ2n) is 9.67. The monoisotopic (exact) mass is 464 g/mol. The zero-order chi connectivity index (χ0) is 23.2. The number of ether oxygens (including phenoxy) is 1. The molecule has 0 unspecified atom stereocenters. The highest BCUT2D eigenvalue weighted by Crippen LogP contribution is 2.27. The van der Waals surface area contributed by atoms with Gasteiger partial charge in [0.1, 0.15) is 18.1 Å². The summed E-state index contributed by atoms with van der Waals surface area (Å²) in [5, 5.41) is 4.16. The molecule has 182 valence electrons. The van der Waals surface area contributed by atoms with Gasteiger partial charge in [0, 0.05) is 48.7 Å². The molecule has 2 aromatic heterocycles. The average molecular weight is 465 g/mol. The lowest BCUT2D eigenvalue weighted by Gasteiger charge is -2.33. The number of hydrogen-bond donors (Lipinski definition) is 2. The van der Waals surface area contributed by atoms with E-state index in [4.69, 9.17) is 9.15 Å². The van der Waals surface area contributed by atoms with Gasteiger partial charge in [-0.1, -0.05) is 18.9 Å². The van der Waals surface area contributed by atoms with Crippen LogP contribution < -0.4 is 10.1 Å². The van der Waals surface area contributed by atoms with E-state index >= 15 is 0 Å². The van der Waals surface area contributed by atoms with Crippen LogP contribution in [-0.4, -0.2) is 66.0 Å². The van der Waals surface area contributed by atoms with Crippen LogP contribution in [0.3, 0.4) is 0 Å². The van der Waals surface area contributed by atoms with E-state index in [1.807, 2.05) is 30.3 Å². The number of piperidine rings is 1. The average Bonchev–Trinajstić information content (AvgIpc) is 3.47. The van der Waals surface area contributed by atoms with Crippen molar-refractivity contribution >= 4 is 16.8 Å². The Kier molecular flexibility index (Phi) is 7.51. The minimum absolute atomic E-state index is 0.0417. The molecule has 1 amide bonds. The molecule has 0 atom stereocenters. The molecule has 1 aromatic carbocycles. The number of likely N-dealkylation sites (tertiary alicyclic amines) is 2. The van der Waals surface area contributed by atoms with Crippen molar-refractivity contribution in [3.8, 4) is 5.75 Å². The molecule has 2 aliphatic heterocycles. The lowest BCUT2D eigenvalue weighted by atomic mass is 10.0. The van der Waals surface area contributed by atoms with Crippen molar-refractivity contribution in [2.45, 2.75) is 51.2 Å². The molecular weight excluding hydrogens is 428 g/mol. The van der Waals surface area contributed by atoms with Crippen LogP contribution >= 0.6 is 0 Å². The van der Waals surface area contributed by atoms with Crippen LogP contribution in [0.25, 0.3) is 10.9 Å². The normalized spacial score (nSPS) is 18.7. The molecule has 5 rings (SSSR count). The van der Waals surface area contributed by atoms with Crippen molar-refractivity contribution in [1.29, 1.82) is 0 Å². The summed E-state index contributed by atoms with van der Waals surface area (Å²) in [6.07, 6.45) is 10.8. The number of nitrogens with zero attached hydrogens (tertiary/aromatic N) is 2. The first-order valence-electron chi connectivity index (χ1n) is 12.8. The van der Waals surface area contributed by atoms with Gasteiger partial charge < -0.3 is 29.3 Å². The first kappa shape index (κ1) is 23.0. The molecule has 0 bridgehead atoms. The number of nitrogens with one attached hydrogen (secondary N) is 2. The van der Waals surface area contributed by atoms with Crippen molar-refractivity contribution in [1.82, 2.24) is 20.1 Å². The maximum Gasteiger partial charge on any atom is 0.267 e. The lowest BCUT2D eigenvalue weighted by molar-refractivity contribution is 0.0902. The number of aromatic nitrogens is 1. The minimum Gasteiger partial charge on any atom is -0.488 e. The summed E-state index contributed by atoms with van der Waals surface area (Å²) in [4.78, 5) is 21.4. The fourth-order valence-corrected chi connectivity index (χ4v) is 5.12. The first-order valence-corrected chi connectivity index (χ1v) is 12.8. The number of amides is 1. The molecule has 0 saturated carbocycles. The van der Waals surface area contributed by atoms with Crippen LogP contribution in [0.4, 0.5) is 0 Å². The summed E-state index contributed by atoms with van der Waals surface area (Å²) in [5.41, 5.74) is 2.46. The maximum atomic E-state index is 13.0. The van der Waals surface area contributed by atoms with E-state index in [-0.39, 0.29) is 11.9 Å². The molecule has 4 heterocycles. The Morgan fingerprint density at radius 1 is 1.03 bits per heavy atom. The van der Waals surface area contributed by atoms with Crippen molar-refractivity contribution in [2.24, 2.45) is 0 Å². The van der Waals surface area contributed by atoms with Crippen molar-refractivity contribution in [3.63, 3.8) is 0 Å². The van der Waals surface area contributed by atoms with Crippen LogP contribution in [0.5, 0.6) is 5.75 Å². The fraction of sp³-hybridized carbons (Fsp3) is 0.519. The molecule has 2 saturated heterocycles. The van der Waals surface area contributed by atoms with Gasteiger partial charge in [-0.15, -0.1) is 0 Å². The van der Waals surface area contributed by atoms with E-state index in [2.05, 4.69) is 20.1 Å². The molecule has 34 heavy (non-hydrogen) atoms. The topological polar surface area (TPSA) is 73.7 Å². The predicted octanol–water partition coefficient (Wildman–Crippen LogP) is 4.41. The zero-order valence-electron chi connectivity index (χ0n) is 19.9. The Balaban J connectivity index is 1.11. The van der Waals surface area contributed by atoms with Gasteiger partial charge >= 0.3 is 0 Å². The molecule has 3 aromatic rings. The third-order valence-electron chi connectivity index (χ3n) is 7.20. The Bertz CT molecular complexity index is 1050. The number of H-pyrrole nitrogens is 1. The molecule has 2 aliphatic rings. The summed E-state index contributed by atoms with van der Waals surface area (Å²) in [6, 6.07) is 9.85. The summed E-state index contributed by atoms with van der Waals surface area (Å²) in [7, 11) is 0. The smallest absolute Gasteiger partial charge is 0.267 e. The van der Waals surface area contributed by atoms with Crippen molar-refractivity contribution < 1.29 is 13.9 Å². The Hall–Kier alpha value is -2.77. The second kappa shape index (κ2) is 11.1. The molecule has 2 N–H and O–H groups in total. The number of carbonyl (C=O) groups is 1. The van der Waals surface area contributed by atoms with Crippen molar-refractivity contribution in [3.05, 3.63) is 54.1 Å². The third-order valence-corrected chi connectivity index (χ3v) is 7.20. The molecule has 7 heteroatoms. The van der Waals surface area contributed by atoms with Gasteiger partial charge in [-0.05, 0) is 63.0 Å². The SMILES string of the molecule is O=C(NC1CCN(CCN2CCCCCC2)CC1)c1cc2c(OCc3ccoc3)cccc2[nH]1. The maximum absolute atomic E-state index is 13.0.